The molecule has 5 nitrogen and oxygen atoms in total. The van der Waals surface area contributed by atoms with Gasteiger partial charge in [-0.1, -0.05) is 13.3 Å². The number of aromatic nitrogens is 2. The highest BCUT2D eigenvalue weighted by Crippen LogP contribution is 2.40. The van der Waals surface area contributed by atoms with Gasteiger partial charge in [0.05, 0.1) is 7.11 Å². The lowest BCUT2D eigenvalue weighted by atomic mass is 9.72. The zero-order valence-corrected chi connectivity index (χ0v) is 17.1. The number of carbonyl (C=O) groups excluding carboxylic acids is 1. The number of pyridine rings is 2. The fraction of sp³-hybridized carbons (Fsp3) is 0.522. The Hall–Kier alpha value is -2.43. The minimum absolute atomic E-state index is 0.0600. The van der Waals surface area contributed by atoms with E-state index in [2.05, 4.69) is 18.0 Å². The number of nitrogens with zero attached hydrogens (tertiary/aromatic N) is 2. The lowest BCUT2D eigenvalue weighted by Gasteiger charge is -2.33. The first-order valence-electron chi connectivity index (χ1n) is 10.2. The maximum atomic E-state index is 12.7. The van der Waals surface area contributed by atoms with Crippen LogP contribution < -0.4 is 10.3 Å². The molecule has 1 aliphatic rings. The summed E-state index contributed by atoms with van der Waals surface area (Å²) >= 11 is 0. The second-order valence-corrected chi connectivity index (χ2v) is 7.91. The van der Waals surface area contributed by atoms with Gasteiger partial charge in [-0.25, -0.2) is 4.98 Å². The van der Waals surface area contributed by atoms with E-state index in [1.807, 2.05) is 6.20 Å². The summed E-state index contributed by atoms with van der Waals surface area (Å²) in [6, 6.07) is 7.39. The standard InChI is InChI=1S/C23H30N2O3/c1-4-16(13-21(26)20-9-10-22(28-3)24-15-20)17-5-7-18(8-6-17)19-11-12-25(2)23(27)14-19/h9-12,14-18H,4-8,13H2,1-3H3/t16-,17?,18?/m1/s1. The molecule has 28 heavy (non-hydrogen) atoms. The summed E-state index contributed by atoms with van der Waals surface area (Å²) in [6.45, 7) is 2.18. The van der Waals surface area contributed by atoms with Gasteiger partial charge in [-0.15, -0.1) is 0 Å². The van der Waals surface area contributed by atoms with Crippen LogP contribution in [-0.4, -0.2) is 22.4 Å². The number of rotatable bonds is 7. The van der Waals surface area contributed by atoms with Crippen LogP contribution in [0, 0.1) is 11.8 Å². The molecule has 0 radical (unpaired) electrons. The number of ketones is 1. The van der Waals surface area contributed by atoms with Crippen molar-refractivity contribution in [2.24, 2.45) is 18.9 Å². The molecular weight excluding hydrogens is 352 g/mol. The van der Waals surface area contributed by atoms with Crippen LogP contribution >= 0.6 is 0 Å². The molecule has 0 amide bonds. The first kappa shape index (κ1) is 20.3. The third-order valence-corrected chi connectivity index (χ3v) is 6.28. The number of ether oxygens (including phenoxy) is 1. The molecule has 0 aromatic carbocycles. The lowest BCUT2D eigenvalue weighted by Crippen LogP contribution is -2.24. The van der Waals surface area contributed by atoms with Gasteiger partial charge in [0, 0.05) is 43.6 Å². The van der Waals surface area contributed by atoms with Gasteiger partial charge in [0.25, 0.3) is 5.56 Å². The van der Waals surface area contributed by atoms with Gasteiger partial charge in [0.15, 0.2) is 5.78 Å². The first-order chi connectivity index (χ1) is 13.5. The van der Waals surface area contributed by atoms with Gasteiger partial charge in [-0.3, -0.25) is 9.59 Å². The van der Waals surface area contributed by atoms with Gasteiger partial charge < -0.3 is 9.30 Å². The highest BCUT2D eigenvalue weighted by atomic mass is 16.5. The Balaban J connectivity index is 1.58. The molecule has 0 saturated heterocycles. The molecule has 3 rings (SSSR count). The molecule has 1 atom stereocenters. The van der Waals surface area contributed by atoms with Crippen LogP contribution in [0.1, 0.15) is 67.3 Å². The lowest BCUT2D eigenvalue weighted by molar-refractivity contribution is 0.0925. The number of hydrogen-bond acceptors (Lipinski definition) is 4. The average Bonchev–Trinajstić information content (AvgIpc) is 2.74. The predicted octanol–water partition coefficient (Wildman–Crippen LogP) is 4.36. The van der Waals surface area contributed by atoms with E-state index >= 15 is 0 Å². The number of Topliss-reactive ketones (excluding diaryl/α,β-unsaturated/α-hetero) is 1. The number of aryl methyl sites for hydroxylation is 1. The quantitative estimate of drug-likeness (QED) is 0.668. The SMILES string of the molecule is CC[C@H](CC(=O)c1ccc(OC)nc1)C1CCC(c2ccn(C)c(=O)c2)CC1. The van der Waals surface area contributed by atoms with E-state index in [0.717, 1.165) is 37.7 Å². The molecule has 5 heteroatoms. The second kappa shape index (κ2) is 9.18. The molecule has 0 aliphatic heterocycles. The summed E-state index contributed by atoms with van der Waals surface area (Å²) in [6.07, 6.45) is 9.47. The molecule has 0 spiro atoms. The fourth-order valence-electron chi connectivity index (χ4n) is 4.41. The molecule has 0 unspecified atom stereocenters. The van der Waals surface area contributed by atoms with Crippen molar-refractivity contribution in [2.45, 2.75) is 51.4 Å². The molecule has 150 valence electrons. The highest BCUT2D eigenvalue weighted by molar-refractivity contribution is 5.95. The normalized spacial score (nSPS) is 20.5. The summed E-state index contributed by atoms with van der Waals surface area (Å²) < 4.78 is 6.68. The van der Waals surface area contributed by atoms with Gasteiger partial charge in [0.2, 0.25) is 5.88 Å². The molecule has 1 fully saturated rings. The predicted molar refractivity (Wildman–Crippen MR) is 110 cm³/mol. The van der Waals surface area contributed by atoms with Crippen LogP contribution in [0.15, 0.2) is 41.5 Å². The number of methoxy groups -OCH3 is 1. The molecular formula is C23H30N2O3. The Morgan fingerprint density at radius 1 is 1.25 bits per heavy atom. The Bertz CT molecular complexity index is 849. The second-order valence-electron chi connectivity index (χ2n) is 7.91. The molecule has 0 N–H and O–H groups in total. The van der Waals surface area contributed by atoms with Crippen molar-refractivity contribution in [2.75, 3.05) is 7.11 Å². The Morgan fingerprint density at radius 3 is 2.57 bits per heavy atom. The summed E-state index contributed by atoms with van der Waals surface area (Å²) in [5.74, 6) is 2.12. The minimum atomic E-state index is 0.0600. The summed E-state index contributed by atoms with van der Waals surface area (Å²) in [5, 5.41) is 0. The molecule has 0 bridgehead atoms. The van der Waals surface area contributed by atoms with Crippen molar-refractivity contribution >= 4 is 5.78 Å². The van der Waals surface area contributed by atoms with Crippen LogP contribution in [0.3, 0.4) is 0 Å². The largest absolute Gasteiger partial charge is 0.481 e. The van der Waals surface area contributed by atoms with E-state index in [1.165, 1.54) is 0 Å². The smallest absolute Gasteiger partial charge is 0.250 e. The number of hydrogen-bond donors (Lipinski definition) is 0. The van der Waals surface area contributed by atoms with Gasteiger partial charge >= 0.3 is 0 Å². The van der Waals surface area contributed by atoms with Crippen LogP contribution in [0.4, 0.5) is 0 Å². The zero-order valence-electron chi connectivity index (χ0n) is 17.1. The van der Waals surface area contributed by atoms with Crippen molar-refractivity contribution in [3.05, 3.63) is 58.1 Å². The maximum absolute atomic E-state index is 12.7. The Labute approximate surface area is 166 Å². The first-order valence-corrected chi connectivity index (χ1v) is 10.2. The molecule has 2 aromatic heterocycles. The van der Waals surface area contributed by atoms with E-state index in [0.29, 0.717) is 35.6 Å². The maximum Gasteiger partial charge on any atom is 0.250 e. The zero-order chi connectivity index (χ0) is 20.1. The van der Waals surface area contributed by atoms with Crippen LogP contribution in [0.5, 0.6) is 5.88 Å². The average molecular weight is 383 g/mol. The van der Waals surface area contributed by atoms with Crippen LogP contribution in [0.25, 0.3) is 0 Å². The molecule has 2 aromatic rings. The summed E-state index contributed by atoms with van der Waals surface area (Å²) in [5.41, 5.74) is 1.88. The Kier molecular flexibility index (Phi) is 6.65. The van der Waals surface area contributed by atoms with E-state index in [4.69, 9.17) is 4.74 Å². The molecule has 1 saturated carbocycles. The van der Waals surface area contributed by atoms with Crippen LogP contribution in [-0.2, 0) is 7.05 Å². The van der Waals surface area contributed by atoms with Gasteiger partial charge in [0.1, 0.15) is 0 Å². The van der Waals surface area contributed by atoms with Crippen molar-refractivity contribution in [1.82, 2.24) is 9.55 Å². The van der Waals surface area contributed by atoms with Crippen molar-refractivity contribution in [3.63, 3.8) is 0 Å². The summed E-state index contributed by atoms with van der Waals surface area (Å²) in [7, 11) is 3.35. The van der Waals surface area contributed by atoms with E-state index in [9.17, 15) is 9.59 Å². The van der Waals surface area contributed by atoms with Gasteiger partial charge in [-0.2, -0.15) is 0 Å². The van der Waals surface area contributed by atoms with E-state index < -0.39 is 0 Å². The minimum Gasteiger partial charge on any atom is -0.481 e. The van der Waals surface area contributed by atoms with Gasteiger partial charge in [-0.05, 0) is 61.1 Å². The van der Waals surface area contributed by atoms with E-state index in [1.54, 1.807) is 43.1 Å². The molecule has 2 heterocycles. The van der Waals surface area contributed by atoms with Crippen molar-refractivity contribution < 1.29 is 9.53 Å². The fourth-order valence-corrected chi connectivity index (χ4v) is 4.41. The monoisotopic (exact) mass is 382 g/mol. The Morgan fingerprint density at radius 2 is 2.00 bits per heavy atom. The van der Waals surface area contributed by atoms with Crippen molar-refractivity contribution in [1.29, 1.82) is 0 Å². The summed E-state index contributed by atoms with van der Waals surface area (Å²) in [4.78, 5) is 28.8. The molecule has 1 aliphatic carbocycles. The highest BCUT2D eigenvalue weighted by Gasteiger charge is 2.29. The van der Waals surface area contributed by atoms with Crippen LogP contribution in [0.2, 0.25) is 0 Å². The number of carbonyl (C=O) groups is 1. The topological polar surface area (TPSA) is 61.2 Å². The third-order valence-electron chi connectivity index (χ3n) is 6.28. The van der Waals surface area contributed by atoms with E-state index in [-0.39, 0.29) is 11.3 Å². The third kappa shape index (κ3) is 4.70. The van der Waals surface area contributed by atoms with Crippen molar-refractivity contribution in [3.8, 4) is 5.88 Å².